The first kappa shape index (κ1) is 22.5. The van der Waals surface area contributed by atoms with Gasteiger partial charge < -0.3 is 9.80 Å². The maximum absolute atomic E-state index is 13.2. The van der Waals surface area contributed by atoms with E-state index < -0.39 is 5.69 Å². The van der Waals surface area contributed by atoms with Crippen LogP contribution in [0.5, 0.6) is 0 Å². The Labute approximate surface area is 193 Å². The molecule has 7 heteroatoms. The molecule has 1 aromatic heterocycles. The summed E-state index contributed by atoms with van der Waals surface area (Å²) in [7, 11) is 0. The number of rotatable bonds is 6. The van der Waals surface area contributed by atoms with Crippen molar-refractivity contribution in [3.8, 4) is 11.1 Å². The second-order valence-corrected chi connectivity index (χ2v) is 8.26. The Balaban J connectivity index is 1.54. The molecular formula is C26H28N4O3. The van der Waals surface area contributed by atoms with Gasteiger partial charge in [-0.15, -0.1) is 0 Å². The fourth-order valence-electron chi connectivity index (χ4n) is 4.28. The molecule has 1 unspecified atom stereocenters. The molecular weight excluding hydrogens is 416 g/mol. The van der Waals surface area contributed by atoms with E-state index in [2.05, 4.69) is 29.2 Å². The van der Waals surface area contributed by atoms with Crippen LogP contribution in [0, 0.1) is 5.92 Å². The summed E-state index contributed by atoms with van der Waals surface area (Å²) in [6.45, 7) is 3.75. The quantitative estimate of drug-likeness (QED) is 0.585. The van der Waals surface area contributed by atoms with E-state index in [9.17, 15) is 14.4 Å². The van der Waals surface area contributed by atoms with Gasteiger partial charge in [-0.3, -0.25) is 14.2 Å². The standard InChI is InChI=1S/C26H28N4O3/c1-2-28-14-15-29(24(31)19-30-13-7-12-27-26(30)33)18-23(25(28)32)17-20-8-6-11-22(16-20)21-9-4-3-5-10-21/h3-13,16,23H,2,14-15,17-19H2,1H3. The minimum absolute atomic E-state index is 0.0662. The lowest BCUT2D eigenvalue weighted by Gasteiger charge is -2.24. The lowest BCUT2D eigenvalue weighted by atomic mass is 9.94. The van der Waals surface area contributed by atoms with Crippen molar-refractivity contribution in [2.24, 2.45) is 5.92 Å². The van der Waals surface area contributed by atoms with E-state index >= 15 is 0 Å². The van der Waals surface area contributed by atoms with Crippen molar-refractivity contribution < 1.29 is 9.59 Å². The number of aromatic nitrogens is 2. The average molecular weight is 445 g/mol. The summed E-state index contributed by atoms with van der Waals surface area (Å²) < 4.78 is 1.30. The van der Waals surface area contributed by atoms with Gasteiger partial charge in [-0.2, -0.15) is 0 Å². The van der Waals surface area contributed by atoms with Crippen LogP contribution in [-0.4, -0.2) is 57.3 Å². The van der Waals surface area contributed by atoms with Crippen molar-refractivity contribution >= 4 is 11.8 Å². The summed E-state index contributed by atoms with van der Waals surface area (Å²) in [6.07, 6.45) is 3.51. The van der Waals surface area contributed by atoms with Crippen LogP contribution in [0.25, 0.3) is 11.1 Å². The number of amides is 2. The Kier molecular flexibility index (Phi) is 6.98. The van der Waals surface area contributed by atoms with Crippen molar-refractivity contribution in [1.82, 2.24) is 19.4 Å². The highest BCUT2D eigenvalue weighted by Crippen LogP contribution is 2.23. The van der Waals surface area contributed by atoms with Crippen LogP contribution in [0.2, 0.25) is 0 Å². The normalized spacial score (nSPS) is 16.5. The summed E-state index contributed by atoms with van der Waals surface area (Å²) in [6, 6.07) is 20.0. The summed E-state index contributed by atoms with van der Waals surface area (Å²) in [4.78, 5) is 45.4. The van der Waals surface area contributed by atoms with Gasteiger partial charge in [0.05, 0.1) is 5.92 Å². The van der Waals surface area contributed by atoms with Gasteiger partial charge in [0.2, 0.25) is 11.8 Å². The van der Waals surface area contributed by atoms with E-state index in [-0.39, 0.29) is 24.3 Å². The zero-order valence-electron chi connectivity index (χ0n) is 18.8. The summed E-state index contributed by atoms with van der Waals surface area (Å²) >= 11 is 0. The van der Waals surface area contributed by atoms with Gasteiger partial charge >= 0.3 is 5.69 Å². The van der Waals surface area contributed by atoms with E-state index in [4.69, 9.17) is 0 Å². The summed E-state index contributed by atoms with van der Waals surface area (Å²) in [5.74, 6) is -0.455. The summed E-state index contributed by atoms with van der Waals surface area (Å²) in [5, 5.41) is 0. The minimum atomic E-state index is -0.457. The number of carbonyl (C=O) groups is 2. The van der Waals surface area contributed by atoms with Gasteiger partial charge in [-0.25, -0.2) is 9.78 Å². The molecule has 0 bridgehead atoms. The van der Waals surface area contributed by atoms with Gasteiger partial charge in [-0.1, -0.05) is 54.6 Å². The Bertz CT molecular complexity index is 1180. The molecule has 0 saturated carbocycles. The van der Waals surface area contributed by atoms with E-state index in [0.717, 1.165) is 16.7 Å². The van der Waals surface area contributed by atoms with Crippen LogP contribution in [-0.2, 0) is 22.6 Å². The van der Waals surface area contributed by atoms with Gasteiger partial charge in [0.15, 0.2) is 0 Å². The number of carbonyl (C=O) groups excluding carboxylic acids is 2. The SMILES string of the molecule is CCN1CCN(C(=O)Cn2cccnc2=O)CC(Cc2cccc(-c3ccccc3)c2)C1=O. The maximum Gasteiger partial charge on any atom is 0.347 e. The molecule has 2 amide bonds. The third-order valence-electron chi connectivity index (χ3n) is 6.08. The molecule has 1 aliphatic heterocycles. The van der Waals surface area contributed by atoms with Crippen molar-refractivity contribution in [2.45, 2.75) is 19.9 Å². The molecule has 2 heterocycles. The predicted octanol–water partition coefficient (Wildman–Crippen LogP) is 2.46. The molecule has 1 aliphatic rings. The van der Waals surface area contributed by atoms with Crippen LogP contribution in [0.4, 0.5) is 0 Å². The van der Waals surface area contributed by atoms with Crippen molar-refractivity contribution in [1.29, 1.82) is 0 Å². The van der Waals surface area contributed by atoms with E-state index in [0.29, 0.717) is 32.6 Å². The van der Waals surface area contributed by atoms with Crippen LogP contribution < -0.4 is 5.69 Å². The zero-order chi connectivity index (χ0) is 23.2. The third kappa shape index (κ3) is 5.37. The fourth-order valence-corrected chi connectivity index (χ4v) is 4.28. The molecule has 0 aliphatic carbocycles. The molecule has 0 N–H and O–H groups in total. The monoisotopic (exact) mass is 444 g/mol. The fraction of sp³-hybridized carbons (Fsp3) is 0.308. The molecule has 1 saturated heterocycles. The van der Waals surface area contributed by atoms with Gasteiger partial charge in [0, 0.05) is 38.6 Å². The van der Waals surface area contributed by atoms with Crippen molar-refractivity contribution in [3.63, 3.8) is 0 Å². The minimum Gasteiger partial charge on any atom is -0.341 e. The molecule has 3 aromatic rings. The second kappa shape index (κ2) is 10.3. The summed E-state index contributed by atoms with van der Waals surface area (Å²) in [5.41, 5.74) is 2.83. The van der Waals surface area contributed by atoms with Gasteiger partial charge in [-0.05, 0) is 36.1 Å². The van der Waals surface area contributed by atoms with Crippen LogP contribution in [0.1, 0.15) is 12.5 Å². The molecule has 0 spiro atoms. The first-order valence-corrected chi connectivity index (χ1v) is 11.3. The molecule has 33 heavy (non-hydrogen) atoms. The highest BCUT2D eigenvalue weighted by Gasteiger charge is 2.31. The van der Waals surface area contributed by atoms with Gasteiger partial charge in [0.1, 0.15) is 6.54 Å². The number of hydrogen-bond donors (Lipinski definition) is 0. The highest BCUT2D eigenvalue weighted by molar-refractivity contribution is 5.82. The van der Waals surface area contributed by atoms with Crippen LogP contribution >= 0.6 is 0 Å². The topological polar surface area (TPSA) is 75.5 Å². The van der Waals surface area contributed by atoms with E-state index in [1.165, 1.54) is 10.8 Å². The first-order chi connectivity index (χ1) is 16.0. The lowest BCUT2D eigenvalue weighted by Crippen LogP contribution is -2.40. The molecule has 2 aromatic carbocycles. The number of hydrogen-bond acceptors (Lipinski definition) is 4. The van der Waals surface area contributed by atoms with Gasteiger partial charge in [0.25, 0.3) is 0 Å². The maximum atomic E-state index is 13.2. The van der Waals surface area contributed by atoms with E-state index in [1.54, 1.807) is 17.2 Å². The van der Waals surface area contributed by atoms with E-state index in [1.807, 2.05) is 42.2 Å². The van der Waals surface area contributed by atoms with Crippen LogP contribution in [0.3, 0.4) is 0 Å². The number of nitrogens with zero attached hydrogens (tertiary/aromatic N) is 4. The Morgan fingerprint density at radius 1 is 1.00 bits per heavy atom. The second-order valence-electron chi connectivity index (χ2n) is 8.26. The Morgan fingerprint density at radius 2 is 1.79 bits per heavy atom. The van der Waals surface area contributed by atoms with Crippen LogP contribution in [0.15, 0.2) is 77.9 Å². The van der Waals surface area contributed by atoms with Crippen molar-refractivity contribution in [2.75, 3.05) is 26.2 Å². The molecule has 1 fully saturated rings. The number of benzene rings is 2. The lowest BCUT2D eigenvalue weighted by molar-refractivity contribution is -0.135. The largest absolute Gasteiger partial charge is 0.347 e. The molecule has 4 rings (SSSR count). The third-order valence-corrected chi connectivity index (χ3v) is 6.08. The smallest absolute Gasteiger partial charge is 0.341 e. The molecule has 7 nitrogen and oxygen atoms in total. The number of likely N-dealkylation sites (N-methyl/N-ethyl adjacent to an activating group) is 1. The first-order valence-electron chi connectivity index (χ1n) is 11.3. The Hall–Kier alpha value is -3.74. The average Bonchev–Trinajstić information content (AvgIpc) is 3.00. The highest BCUT2D eigenvalue weighted by atomic mass is 16.2. The van der Waals surface area contributed by atoms with Crippen molar-refractivity contribution in [3.05, 3.63) is 89.1 Å². The molecule has 1 atom stereocenters. The zero-order valence-corrected chi connectivity index (χ0v) is 18.8. The Morgan fingerprint density at radius 3 is 2.55 bits per heavy atom. The molecule has 0 radical (unpaired) electrons. The molecule has 170 valence electrons. The predicted molar refractivity (Wildman–Crippen MR) is 126 cm³/mol.